The Labute approximate surface area is 78.1 Å². The van der Waals surface area contributed by atoms with Gasteiger partial charge in [-0.25, -0.2) is 10.6 Å². The van der Waals surface area contributed by atoms with Crippen LogP contribution < -0.4 is 11.3 Å². The van der Waals surface area contributed by atoms with Gasteiger partial charge in [0.05, 0.1) is 0 Å². The molecule has 0 aliphatic heterocycles. The summed E-state index contributed by atoms with van der Waals surface area (Å²) in [5.41, 5.74) is 1.97. The van der Waals surface area contributed by atoms with Crippen LogP contribution in [0.25, 0.3) is 0 Å². The van der Waals surface area contributed by atoms with Crippen molar-refractivity contribution in [3.8, 4) is 0 Å². The monoisotopic (exact) mass is 184 g/mol. The number of allylic oxidation sites excluding steroid dienone is 2. The molecular formula is C9H16N2O2. The summed E-state index contributed by atoms with van der Waals surface area (Å²) >= 11 is 0. The maximum atomic E-state index is 10.8. The number of rotatable bonds is 1. The van der Waals surface area contributed by atoms with Gasteiger partial charge in [0, 0.05) is 0 Å². The van der Waals surface area contributed by atoms with Crippen LogP contribution in [0.2, 0.25) is 0 Å². The quantitative estimate of drug-likeness (QED) is 0.281. The van der Waals surface area contributed by atoms with Gasteiger partial charge in [-0.05, 0) is 32.1 Å². The molecule has 0 heterocycles. The smallest absolute Gasteiger partial charge is 0.421 e. The van der Waals surface area contributed by atoms with E-state index in [0.717, 1.165) is 32.1 Å². The first-order valence-corrected chi connectivity index (χ1v) is 4.65. The van der Waals surface area contributed by atoms with Gasteiger partial charge in [0.25, 0.3) is 0 Å². The van der Waals surface area contributed by atoms with Crippen molar-refractivity contribution >= 4 is 6.09 Å². The Bertz CT molecular complexity index is 192. The highest BCUT2D eigenvalue weighted by Crippen LogP contribution is 2.15. The van der Waals surface area contributed by atoms with Crippen LogP contribution in [0.1, 0.15) is 32.1 Å². The Balaban J connectivity index is 2.31. The highest BCUT2D eigenvalue weighted by molar-refractivity contribution is 5.66. The minimum Gasteiger partial charge on any atom is -0.445 e. The van der Waals surface area contributed by atoms with Crippen LogP contribution in [0.5, 0.6) is 0 Å². The van der Waals surface area contributed by atoms with Gasteiger partial charge in [0.1, 0.15) is 6.10 Å². The van der Waals surface area contributed by atoms with Crippen LogP contribution in [0.15, 0.2) is 12.2 Å². The lowest BCUT2D eigenvalue weighted by molar-refractivity contribution is 0.0865. The molecule has 0 radical (unpaired) electrons. The average molecular weight is 184 g/mol. The second-order valence-electron chi connectivity index (χ2n) is 3.15. The van der Waals surface area contributed by atoms with Crippen molar-refractivity contribution in [2.24, 2.45) is 5.84 Å². The molecule has 1 atom stereocenters. The fourth-order valence-electron chi connectivity index (χ4n) is 1.43. The van der Waals surface area contributed by atoms with E-state index in [1.807, 2.05) is 5.43 Å². The molecule has 0 saturated heterocycles. The fraction of sp³-hybridized carbons (Fsp3) is 0.667. The molecule has 1 aliphatic rings. The van der Waals surface area contributed by atoms with E-state index >= 15 is 0 Å². The van der Waals surface area contributed by atoms with Crippen LogP contribution in [0, 0.1) is 0 Å². The van der Waals surface area contributed by atoms with Gasteiger partial charge in [-0.15, -0.1) is 0 Å². The number of hydrogen-bond donors (Lipinski definition) is 2. The van der Waals surface area contributed by atoms with Crippen LogP contribution in [-0.4, -0.2) is 12.2 Å². The molecule has 1 amide bonds. The summed E-state index contributed by atoms with van der Waals surface area (Å²) in [6, 6.07) is 0. The molecule has 0 aromatic rings. The van der Waals surface area contributed by atoms with Crippen molar-refractivity contribution < 1.29 is 9.53 Å². The predicted octanol–water partition coefficient (Wildman–Crippen LogP) is 1.48. The van der Waals surface area contributed by atoms with Crippen molar-refractivity contribution in [2.75, 3.05) is 0 Å². The number of carbonyl (C=O) groups is 1. The van der Waals surface area contributed by atoms with E-state index in [1.54, 1.807) is 0 Å². The van der Waals surface area contributed by atoms with Crippen LogP contribution in [0.3, 0.4) is 0 Å². The largest absolute Gasteiger partial charge is 0.445 e. The molecule has 0 bridgehead atoms. The van der Waals surface area contributed by atoms with Crippen LogP contribution in [0.4, 0.5) is 4.79 Å². The number of nitrogens with one attached hydrogen (secondary N) is 1. The maximum absolute atomic E-state index is 10.8. The fourth-order valence-corrected chi connectivity index (χ4v) is 1.43. The molecule has 1 rings (SSSR count). The highest BCUT2D eigenvalue weighted by atomic mass is 16.6. The van der Waals surface area contributed by atoms with Crippen LogP contribution in [-0.2, 0) is 4.74 Å². The number of amides is 1. The molecule has 1 unspecified atom stereocenters. The first-order chi connectivity index (χ1) is 6.33. The summed E-state index contributed by atoms with van der Waals surface area (Å²) in [5.74, 6) is 4.92. The summed E-state index contributed by atoms with van der Waals surface area (Å²) in [6.07, 6.45) is 8.74. The van der Waals surface area contributed by atoms with Crippen molar-refractivity contribution in [2.45, 2.75) is 38.2 Å². The molecule has 4 nitrogen and oxygen atoms in total. The minimum atomic E-state index is -0.533. The van der Waals surface area contributed by atoms with Gasteiger partial charge in [0.15, 0.2) is 0 Å². The molecule has 4 heteroatoms. The van der Waals surface area contributed by atoms with Crippen molar-refractivity contribution in [3.63, 3.8) is 0 Å². The Hall–Kier alpha value is -1.03. The summed E-state index contributed by atoms with van der Waals surface area (Å²) in [5, 5.41) is 0. The zero-order valence-corrected chi connectivity index (χ0v) is 7.66. The second kappa shape index (κ2) is 5.59. The summed E-state index contributed by atoms with van der Waals surface area (Å²) in [4.78, 5) is 10.8. The predicted molar refractivity (Wildman–Crippen MR) is 49.8 cm³/mol. The van der Waals surface area contributed by atoms with E-state index in [1.165, 1.54) is 0 Å². The number of hydrazine groups is 1. The summed E-state index contributed by atoms with van der Waals surface area (Å²) in [6.45, 7) is 0. The SMILES string of the molecule is NNC(=O)OC1CC/C=C/CCC1. The Kier molecular flexibility index (Phi) is 4.32. The molecule has 0 saturated carbocycles. The number of ether oxygens (including phenoxy) is 1. The van der Waals surface area contributed by atoms with Gasteiger partial charge in [-0.2, -0.15) is 0 Å². The molecule has 0 fully saturated rings. The normalized spacial score (nSPS) is 25.5. The first-order valence-electron chi connectivity index (χ1n) is 4.65. The zero-order valence-electron chi connectivity index (χ0n) is 7.66. The van der Waals surface area contributed by atoms with Gasteiger partial charge >= 0.3 is 6.09 Å². The van der Waals surface area contributed by atoms with Crippen molar-refractivity contribution in [1.82, 2.24) is 5.43 Å². The lowest BCUT2D eigenvalue weighted by Gasteiger charge is -2.17. The molecule has 13 heavy (non-hydrogen) atoms. The van der Waals surface area contributed by atoms with E-state index in [-0.39, 0.29) is 6.10 Å². The molecule has 74 valence electrons. The third-order valence-corrected chi connectivity index (χ3v) is 2.11. The molecular weight excluding hydrogens is 168 g/mol. The molecule has 0 aromatic heterocycles. The molecule has 0 spiro atoms. The first kappa shape index (κ1) is 10.1. The zero-order chi connectivity index (χ0) is 9.52. The van der Waals surface area contributed by atoms with Gasteiger partial charge in [0.2, 0.25) is 0 Å². The van der Waals surface area contributed by atoms with Crippen molar-refractivity contribution in [1.29, 1.82) is 0 Å². The number of carbonyl (C=O) groups excluding carboxylic acids is 1. The molecule has 3 N–H and O–H groups in total. The van der Waals surface area contributed by atoms with E-state index in [0.29, 0.717) is 0 Å². The average Bonchev–Trinajstić information content (AvgIpc) is 2.09. The van der Waals surface area contributed by atoms with E-state index in [9.17, 15) is 4.79 Å². The van der Waals surface area contributed by atoms with Crippen molar-refractivity contribution in [3.05, 3.63) is 12.2 Å². The second-order valence-corrected chi connectivity index (χ2v) is 3.15. The van der Waals surface area contributed by atoms with Crippen LogP contribution >= 0.6 is 0 Å². The Morgan fingerprint density at radius 1 is 1.38 bits per heavy atom. The highest BCUT2D eigenvalue weighted by Gasteiger charge is 2.13. The lowest BCUT2D eigenvalue weighted by Crippen LogP contribution is -2.34. The Morgan fingerprint density at radius 3 is 2.92 bits per heavy atom. The van der Waals surface area contributed by atoms with Gasteiger partial charge in [-0.3, -0.25) is 5.43 Å². The topological polar surface area (TPSA) is 64.3 Å². The number of hydrogen-bond acceptors (Lipinski definition) is 3. The van der Waals surface area contributed by atoms with Gasteiger partial charge in [-0.1, -0.05) is 12.2 Å². The maximum Gasteiger partial charge on any atom is 0.421 e. The van der Waals surface area contributed by atoms with E-state index in [4.69, 9.17) is 10.6 Å². The standard InChI is InChI=1S/C9H16N2O2/c10-11-9(12)13-8-6-4-2-1-3-5-7-8/h1-2,8H,3-7,10H2,(H,11,12)/b2-1+. The third kappa shape index (κ3) is 3.94. The van der Waals surface area contributed by atoms with E-state index in [2.05, 4.69) is 12.2 Å². The third-order valence-electron chi connectivity index (χ3n) is 2.11. The van der Waals surface area contributed by atoms with E-state index < -0.39 is 6.09 Å². The summed E-state index contributed by atoms with van der Waals surface area (Å²) in [7, 11) is 0. The number of nitrogens with two attached hydrogens (primary N) is 1. The minimum absolute atomic E-state index is 0.0218. The summed E-state index contributed by atoms with van der Waals surface area (Å²) < 4.78 is 5.07. The Morgan fingerprint density at radius 2 is 2.15 bits per heavy atom. The van der Waals surface area contributed by atoms with Gasteiger partial charge < -0.3 is 4.74 Å². The molecule has 1 aliphatic carbocycles. The lowest BCUT2D eigenvalue weighted by atomic mass is 10.0. The molecule has 0 aromatic carbocycles.